The highest BCUT2D eigenvalue weighted by molar-refractivity contribution is 7.89. The molecule has 0 spiro atoms. The van der Waals surface area contributed by atoms with E-state index in [1.54, 1.807) is 0 Å². The first-order chi connectivity index (χ1) is 9.47. The van der Waals surface area contributed by atoms with Gasteiger partial charge in [-0.15, -0.1) is 0 Å². The van der Waals surface area contributed by atoms with Gasteiger partial charge in [0.15, 0.2) is 0 Å². The highest BCUT2D eigenvalue weighted by Crippen LogP contribution is 2.42. The molecule has 2 saturated carbocycles. The Balaban J connectivity index is 1.70. The van der Waals surface area contributed by atoms with Gasteiger partial charge in [-0.3, -0.25) is 9.59 Å². The van der Waals surface area contributed by atoms with E-state index < -0.39 is 21.8 Å². The number of carbonyl (C=O) groups excluding carboxylic acids is 2. The summed E-state index contributed by atoms with van der Waals surface area (Å²) in [6.45, 7) is 0. The fourth-order valence-corrected chi connectivity index (χ4v) is 4.14. The molecule has 7 heteroatoms. The Bertz CT molecular complexity index is 618. The molecule has 2 fully saturated rings. The van der Waals surface area contributed by atoms with Crippen LogP contribution < -0.4 is 4.72 Å². The van der Waals surface area contributed by atoms with Gasteiger partial charge >= 0.3 is 0 Å². The van der Waals surface area contributed by atoms with Crippen LogP contribution >= 0.6 is 0 Å². The number of hydrogen-bond acceptors (Lipinski definition) is 5. The molecule has 2 aliphatic carbocycles. The topological polar surface area (TPSA) is 93.4 Å². The Hall–Kier alpha value is -1.63. The second-order valence-electron chi connectivity index (χ2n) is 5.44. The van der Waals surface area contributed by atoms with E-state index in [4.69, 9.17) is 4.42 Å². The number of hydrogen-bond donors (Lipinski definition) is 1. The van der Waals surface area contributed by atoms with Gasteiger partial charge < -0.3 is 4.42 Å². The Labute approximate surface area is 116 Å². The molecule has 20 heavy (non-hydrogen) atoms. The largest absolute Gasteiger partial charge is 0.451 e. The summed E-state index contributed by atoms with van der Waals surface area (Å²) in [4.78, 5) is 23.9. The van der Waals surface area contributed by atoms with Crippen molar-refractivity contribution < 1.29 is 22.4 Å². The molecule has 0 aromatic carbocycles. The van der Waals surface area contributed by atoms with Crippen LogP contribution in [-0.4, -0.2) is 20.1 Å². The van der Waals surface area contributed by atoms with Crippen molar-refractivity contribution >= 4 is 21.7 Å². The van der Waals surface area contributed by atoms with Crippen LogP contribution in [0.3, 0.4) is 0 Å². The molecule has 1 amide bonds. The molecule has 108 valence electrons. The number of nitrogens with one attached hydrogen (secondary N) is 1. The van der Waals surface area contributed by atoms with Crippen molar-refractivity contribution in [2.45, 2.75) is 30.8 Å². The molecule has 2 bridgehead atoms. The number of sulfonamides is 1. The van der Waals surface area contributed by atoms with Crippen LogP contribution in [0.5, 0.6) is 0 Å². The van der Waals surface area contributed by atoms with Crippen molar-refractivity contribution in [3.63, 3.8) is 0 Å². The molecule has 6 nitrogen and oxygen atoms in total. The van der Waals surface area contributed by atoms with Gasteiger partial charge in [-0.1, -0.05) is 0 Å². The fourth-order valence-electron chi connectivity index (χ4n) is 3.17. The zero-order valence-corrected chi connectivity index (χ0v) is 11.6. The highest BCUT2D eigenvalue weighted by Gasteiger charge is 2.44. The molecule has 1 N–H and O–H groups in total. The predicted octanol–water partition coefficient (Wildman–Crippen LogP) is 1.09. The SMILES string of the molecule is O=C(NS(=O)(=O)c1ccco1)C1C[C@H]2CC[C@@H](C1)C2=O. The Morgan fingerprint density at radius 3 is 2.45 bits per heavy atom. The maximum Gasteiger partial charge on any atom is 0.297 e. The number of Topliss-reactive ketones (excluding diaryl/α,β-unsaturated/α-hetero) is 1. The van der Waals surface area contributed by atoms with E-state index >= 15 is 0 Å². The zero-order chi connectivity index (χ0) is 14.3. The predicted molar refractivity (Wildman–Crippen MR) is 68.0 cm³/mol. The van der Waals surface area contributed by atoms with Gasteiger partial charge in [0, 0.05) is 17.8 Å². The van der Waals surface area contributed by atoms with E-state index in [0.717, 1.165) is 12.8 Å². The standard InChI is InChI=1S/C13H15NO5S/c15-12-8-3-4-9(12)7-10(6-8)13(16)14-20(17,18)11-2-1-5-19-11/h1-2,5,8-10H,3-4,6-7H2,(H,14,16)/t8-,9+,10?. The molecule has 2 aliphatic rings. The van der Waals surface area contributed by atoms with Crippen LogP contribution in [-0.2, 0) is 19.6 Å². The molecule has 1 aromatic heterocycles. The minimum Gasteiger partial charge on any atom is -0.451 e. The van der Waals surface area contributed by atoms with E-state index in [1.807, 2.05) is 4.72 Å². The van der Waals surface area contributed by atoms with Gasteiger partial charge in [0.25, 0.3) is 10.0 Å². The lowest BCUT2D eigenvalue weighted by atomic mass is 9.80. The van der Waals surface area contributed by atoms with E-state index in [1.165, 1.54) is 18.4 Å². The average molecular weight is 297 g/mol. The second kappa shape index (κ2) is 4.73. The second-order valence-corrected chi connectivity index (χ2v) is 7.06. The molecule has 0 aliphatic heterocycles. The van der Waals surface area contributed by atoms with Gasteiger partial charge in [0.1, 0.15) is 5.78 Å². The molecule has 1 aromatic rings. The summed E-state index contributed by atoms with van der Waals surface area (Å²) in [6.07, 6.45) is 3.78. The summed E-state index contributed by atoms with van der Waals surface area (Å²) in [5, 5.41) is -0.277. The Morgan fingerprint density at radius 1 is 1.25 bits per heavy atom. The number of carbonyl (C=O) groups is 2. The molecular formula is C13H15NO5S. The van der Waals surface area contributed by atoms with Gasteiger partial charge in [-0.2, -0.15) is 8.42 Å². The van der Waals surface area contributed by atoms with Crippen LogP contribution in [0.1, 0.15) is 25.7 Å². The van der Waals surface area contributed by atoms with Crippen LogP contribution in [0.15, 0.2) is 27.9 Å². The number of furan rings is 1. The minimum atomic E-state index is -3.94. The lowest BCUT2D eigenvalue weighted by Gasteiger charge is -2.25. The summed E-state index contributed by atoms with van der Waals surface area (Å²) >= 11 is 0. The number of ketones is 1. The Kier molecular flexibility index (Phi) is 3.16. The summed E-state index contributed by atoms with van der Waals surface area (Å²) in [5.41, 5.74) is 0. The zero-order valence-electron chi connectivity index (χ0n) is 10.7. The van der Waals surface area contributed by atoms with Crippen molar-refractivity contribution in [2.24, 2.45) is 17.8 Å². The van der Waals surface area contributed by atoms with Crippen LogP contribution in [0.2, 0.25) is 0 Å². The van der Waals surface area contributed by atoms with E-state index in [2.05, 4.69) is 0 Å². The first kappa shape index (κ1) is 13.4. The lowest BCUT2D eigenvalue weighted by molar-refractivity contribution is -0.131. The summed E-state index contributed by atoms with van der Waals surface area (Å²) in [6, 6.07) is 2.72. The molecule has 3 atom stereocenters. The van der Waals surface area contributed by atoms with Crippen LogP contribution in [0.25, 0.3) is 0 Å². The maximum absolute atomic E-state index is 12.1. The quantitative estimate of drug-likeness (QED) is 0.901. The smallest absolute Gasteiger partial charge is 0.297 e. The van der Waals surface area contributed by atoms with Crippen LogP contribution in [0, 0.1) is 17.8 Å². The van der Waals surface area contributed by atoms with E-state index in [9.17, 15) is 18.0 Å². The summed E-state index contributed by atoms with van der Waals surface area (Å²) in [7, 11) is -3.94. The van der Waals surface area contributed by atoms with Gasteiger partial charge in [-0.05, 0) is 37.8 Å². The number of rotatable bonds is 3. The normalized spacial score (nSPS) is 29.4. The monoisotopic (exact) mass is 297 g/mol. The first-order valence-corrected chi connectivity index (χ1v) is 8.09. The average Bonchev–Trinajstić information content (AvgIpc) is 2.96. The van der Waals surface area contributed by atoms with Crippen LogP contribution in [0.4, 0.5) is 0 Å². The third kappa shape index (κ3) is 2.26. The third-order valence-corrected chi connectivity index (χ3v) is 5.40. The maximum atomic E-state index is 12.1. The third-order valence-electron chi connectivity index (χ3n) is 4.17. The van der Waals surface area contributed by atoms with Gasteiger partial charge in [-0.25, -0.2) is 4.72 Å². The van der Waals surface area contributed by atoms with E-state index in [-0.39, 0.29) is 22.7 Å². The fraction of sp³-hybridized carbons (Fsp3) is 0.538. The van der Waals surface area contributed by atoms with E-state index in [0.29, 0.717) is 12.8 Å². The van der Waals surface area contributed by atoms with Crippen molar-refractivity contribution in [3.05, 3.63) is 18.4 Å². The molecule has 0 radical (unpaired) electrons. The lowest BCUT2D eigenvalue weighted by Crippen LogP contribution is -2.40. The van der Waals surface area contributed by atoms with Gasteiger partial charge in [0.05, 0.1) is 6.26 Å². The number of amides is 1. The van der Waals surface area contributed by atoms with Crippen molar-refractivity contribution in [1.82, 2.24) is 4.72 Å². The van der Waals surface area contributed by atoms with Gasteiger partial charge in [0.2, 0.25) is 11.0 Å². The molecule has 1 unspecified atom stereocenters. The van der Waals surface area contributed by atoms with Crippen molar-refractivity contribution in [3.8, 4) is 0 Å². The molecular weight excluding hydrogens is 282 g/mol. The Morgan fingerprint density at radius 2 is 1.90 bits per heavy atom. The molecule has 1 heterocycles. The number of fused-ring (bicyclic) bond motifs is 2. The molecule has 3 rings (SSSR count). The van der Waals surface area contributed by atoms with Crippen molar-refractivity contribution in [1.29, 1.82) is 0 Å². The minimum absolute atomic E-state index is 0.0733. The highest BCUT2D eigenvalue weighted by atomic mass is 32.2. The van der Waals surface area contributed by atoms with Crippen molar-refractivity contribution in [2.75, 3.05) is 0 Å². The molecule has 0 saturated heterocycles. The summed E-state index contributed by atoms with van der Waals surface area (Å²) in [5.74, 6) is -0.852. The first-order valence-electron chi connectivity index (χ1n) is 6.61. The summed E-state index contributed by atoms with van der Waals surface area (Å²) < 4.78 is 30.6.